The van der Waals surface area contributed by atoms with E-state index in [1.165, 1.54) is 0 Å². The van der Waals surface area contributed by atoms with Crippen LogP contribution in [0, 0.1) is 0 Å². The van der Waals surface area contributed by atoms with Gasteiger partial charge in [-0.05, 0) is 31.5 Å². The molecule has 20 heavy (non-hydrogen) atoms. The number of alkyl halides is 2. The molecule has 0 saturated carbocycles. The minimum atomic E-state index is -3.11. The summed E-state index contributed by atoms with van der Waals surface area (Å²) in [4.78, 5) is 13.2. The lowest BCUT2D eigenvalue weighted by Crippen LogP contribution is -2.49. The van der Waals surface area contributed by atoms with Gasteiger partial charge < -0.3 is 15.0 Å². The van der Waals surface area contributed by atoms with Gasteiger partial charge in [0.1, 0.15) is 6.04 Å². The molecule has 4 nitrogen and oxygen atoms in total. The fourth-order valence-electron chi connectivity index (χ4n) is 2.30. The second-order valence-corrected chi connectivity index (χ2v) is 4.68. The molecule has 0 aliphatic carbocycles. The Balaban J connectivity index is 2.22. The van der Waals surface area contributed by atoms with Crippen LogP contribution in [0.15, 0.2) is 24.3 Å². The van der Waals surface area contributed by atoms with Crippen LogP contribution in [-0.2, 0) is 4.74 Å². The minimum Gasteiger partial charge on any atom is -0.443 e. The fraction of sp³-hybridized carbons (Fsp3) is 0.500. The molecule has 0 unspecified atom stereocenters. The molecule has 1 aliphatic rings. The van der Waals surface area contributed by atoms with Gasteiger partial charge in [-0.25, -0.2) is 13.6 Å². The van der Waals surface area contributed by atoms with Crippen molar-refractivity contribution in [2.24, 2.45) is 0 Å². The largest absolute Gasteiger partial charge is 0.443 e. The molecular formula is C14H18F2N2O2. The molecule has 1 aliphatic heterocycles. The average Bonchev–Trinajstić information content (AvgIpc) is 2.44. The van der Waals surface area contributed by atoms with Gasteiger partial charge in [0, 0.05) is 18.8 Å². The van der Waals surface area contributed by atoms with Gasteiger partial charge in [-0.15, -0.1) is 0 Å². The molecule has 1 aromatic rings. The molecule has 0 bridgehead atoms. The number of ether oxygens (including phenoxy) is 1. The number of alkyl carbamates (subject to hydrolysis) is 1. The van der Waals surface area contributed by atoms with Gasteiger partial charge in [-0.1, -0.05) is 12.1 Å². The minimum absolute atomic E-state index is 0.377. The van der Waals surface area contributed by atoms with Gasteiger partial charge in [-0.3, -0.25) is 0 Å². The first kappa shape index (κ1) is 14.6. The van der Waals surface area contributed by atoms with Gasteiger partial charge >= 0.3 is 12.0 Å². The van der Waals surface area contributed by atoms with E-state index in [9.17, 15) is 13.6 Å². The number of rotatable bonds is 4. The molecule has 6 heteroatoms. The van der Waals surface area contributed by atoms with Crippen LogP contribution in [0.3, 0.4) is 0 Å². The Morgan fingerprint density at radius 3 is 2.45 bits per heavy atom. The summed E-state index contributed by atoms with van der Waals surface area (Å²) in [5.41, 5.74) is 1.35. The third-order valence-corrected chi connectivity index (χ3v) is 3.44. The summed E-state index contributed by atoms with van der Waals surface area (Å²) >= 11 is 0. The second kappa shape index (κ2) is 5.64. The highest BCUT2D eigenvalue weighted by molar-refractivity contribution is 5.69. The molecule has 0 spiro atoms. The second-order valence-electron chi connectivity index (χ2n) is 4.68. The van der Waals surface area contributed by atoms with E-state index in [-0.39, 0.29) is 0 Å². The Bertz CT molecular complexity index is 473. The molecule has 2 rings (SSSR count). The first-order valence-corrected chi connectivity index (χ1v) is 6.64. The maximum atomic E-state index is 13.8. The normalized spacial score (nSPS) is 21.0. The zero-order chi connectivity index (χ0) is 14.8. The molecule has 0 radical (unpaired) electrons. The van der Waals surface area contributed by atoms with Crippen molar-refractivity contribution in [1.29, 1.82) is 0 Å². The summed E-state index contributed by atoms with van der Waals surface area (Å²) in [5.74, 6) is -3.11. The number of hydrogen-bond acceptors (Lipinski definition) is 3. The van der Waals surface area contributed by atoms with E-state index in [0.29, 0.717) is 5.56 Å². The third kappa shape index (κ3) is 2.84. The van der Waals surface area contributed by atoms with Gasteiger partial charge in [0.2, 0.25) is 0 Å². The number of nitrogens with zero attached hydrogens (tertiary/aromatic N) is 1. The van der Waals surface area contributed by atoms with Gasteiger partial charge in [0.15, 0.2) is 6.61 Å². The number of carbonyl (C=O) groups is 1. The fourth-order valence-corrected chi connectivity index (χ4v) is 2.30. The average molecular weight is 284 g/mol. The van der Waals surface area contributed by atoms with Crippen LogP contribution < -0.4 is 10.2 Å². The summed E-state index contributed by atoms with van der Waals surface area (Å²) in [6.07, 6.45) is -0.811. The van der Waals surface area contributed by atoms with Crippen molar-refractivity contribution in [3.05, 3.63) is 29.8 Å². The van der Waals surface area contributed by atoms with Crippen LogP contribution in [0.2, 0.25) is 0 Å². The van der Waals surface area contributed by atoms with Crippen LogP contribution in [0.1, 0.15) is 25.5 Å². The summed E-state index contributed by atoms with van der Waals surface area (Å²) in [6, 6.07) is 5.49. The number of benzene rings is 1. The van der Waals surface area contributed by atoms with E-state index in [1.807, 2.05) is 13.8 Å². The maximum Gasteiger partial charge on any atom is 0.408 e. The smallest absolute Gasteiger partial charge is 0.408 e. The monoisotopic (exact) mass is 284 g/mol. The number of nitrogens with one attached hydrogen (secondary N) is 1. The van der Waals surface area contributed by atoms with Gasteiger partial charge in [0.05, 0.1) is 0 Å². The molecule has 1 saturated heterocycles. The first-order valence-electron chi connectivity index (χ1n) is 6.64. The van der Waals surface area contributed by atoms with Gasteiger partial charge in [-0.2, -0.15) is 0 Å². The molecule has 1 aromatic carbocycles. The summed E-state index contributed by atoms with van der Waals surface area (Å²) < 4.78 is 31.9. The Morgan fingerprint density at radius 2 is 1.90 bits per heavy atom. The van der Waals surface area contributed by atoms with E-state index >= 15 is 0 Å². The Kier molecular flexibility index (Phi) is 4.11. The molecule has 1 N–H and O–H groups in total. The Labute approximate surface area is 116 Å². The number of carbonyl (C=O) groups excluding carboxylic acids is 1. The van der Waals surface area contributed by atoms with Crippen molar-refractivity contribution in [3.63, 3.8) is 0 Å². The number of halogens is 2. The molecule has 1 heterocycles. The quantitative estimate of drug-likeness (QED) is 0.924. The predicted octanol–water partition coefficient (Wildman–Crippen LogP) is 2.95. The molecule has 1 amide bonds. The number of cyclic esters (lactones) is 1. The summed E-state index contributed by atoms with van der Waals surface area (Å²) in [5, 5.41) is 2.17. The van der Waals surface area contributed by atoms with Crippen LogP contribution >= 0.6 is 0 Å². The van der Waals surface area contributed by atoms with Gasteiger partial charge in [0.25, 0.3) is 0 Å². The lowest BCUT2D eigenvalue weighted by molar-refractivity contribution is -0.104. The van der Waals surface area contributed by atoms with Crippen molar-refractivity contribution >= 4 is 11.8 Å². The molecule has 1 fully saturated rings. The Hall–Kier alpha value is -1.85. The Morgan fingerprint density at radius 1 is 1.30 bits per heavy atom. The summed E-state index contributed by atoms with van der Waals surface area (Å²) in [6.45, 7) is 4.87. The highest BCUT2D eigenvalue weighted by atomic mass is 19.3. The lowest BCUT2D eigenvalue weighted by Gasteiger charge is -2.32. The zero-order valence-electron chi connectivity index (χ0n) is 11.5. The molecular weight excluding hydrogens is 266 g/mol. The molecule has 110 valence electrons. The lowest BCUT2D eigenvalue weighted by atomic mass is 9.99. The highest BCUT2D eigenvalue weighted by Gasteiger charge is 2.46. The van der Waals surface area contributed by atoms with E-state index in [0.717, 1.165) is 18.8 Å². The van der Waals surface area contributed by atoms with E-state index < -0.39 is 24.7 Å². The predicted molar refractivity (Wildman–Crippen MR) is 72.2 cm³/mol. The third-order valence-electron chi connectivity index (χ3n) is 3.44. The van der Waals surface area contributed by atoms with E-state index in [1.54, 1.807) is 24.3 Å². The number of amides is 1. The van der Waals surface area contributed by atoms with Crippen LogP contribution in [0.4, 0.5) is 19.3 Å². The topological polar surface area (TPSA) is 41.6 Å². The zero-order valence-corrected chi connectivity index (χ0v) is 11.5. The van der Waals surface area contributed by atoms with Crippen LogP contribution in [0.5, 0.6) is 0 Å². The summed E-state index contributed by atoms with van der Waals surface area (Å²) in [7, 11) is 0. The van der Waals surface area contributed by atoms with Crippen LogP contribution in [0.25, 0.3) is 0 Å². The SMILES string of the molecule is CCN(CC)c1ccc([C@@H]2NC(=O)OCC2(F)F)cc1. The van der Waals surface area contributed by atoms with E-state index in [4.69, 9.17) is 0 Å². The number of anilines is 1. The highest BCUT2D eigenvalue weighted by Crippen LogP contribution is 2.35. The van der Waals surface area contributed by atoms with Crippen molar-refractivity contribution in [2.75, 3.05) is 24.6 Å². The van der Waals surface area contributed by atoms with Crippen molar-refractivity contribution in [2.45, 2.75) is 25.8 Å². The van der Waals surface area contributed by atoms with Crippen LogP contribution in [-0.4, -0.2) is 31.7 Å². The standard InChI is InChI=1S/C14H18F2N2O2/c1-3-18(4-2)11-7-5-10(6-8-11)12-14(15,16)9-20-13(19)17-12/h5-8,12H,3-4,9H2,1-2H3,(H,17,19)/t12-/m0/s1. The van der Waals surface area contributed by atoms with E-state index in [2.05, 4.69) is 15.0 Å². The molecule has 1 atom stereocenters. The first-order chi connectivity index (χ1) is 9.47. The maximum absolute atomic E-state index is 13.8. The van der Waals surface area contributed by atoms with Crippen molar-refractivity contribution in [1.82, 2.24) is 5.32 Å². The van der Waals surface area contributed by atoms with Crippen molar-refractivity contribution in [3.8, 4) is 0 Å². The molecule has 0 aromatic heterocycles. The van der Waals surface area contributed by atoms with Crippen molar-refractivity contribution < 1.29 is 18.3 Å². The number of hydrogen-bond donors (Lipinski definition) is 1.